The summed E-state index contributed by atoms with van der Waals surface area (Å²) in [6, 6.07) is 15.5. The zero-order valence-electron chi connectivity index (χ0n) is 16.7. The average Bonchev–Trinajstić information content (AvgIpc) is 3.12. The standard InChI is InChI=1S/C23H22FN5O/c1-16-8-9-29-21(14-16)27-22(17-2-7-20(24)25-15-17)23(29)26-18-3-5-19(6-4-18)28-10-12-30-13-11-28/h2-9,14-15,26H,10-13H2,1H3. The van der Waals surface area contributed by atoms with E-state index >= 15 is 0 Å². The lowest BCUT2D eigenvalue weighted by Gasteiger charge is -2.28. The van der Waals surface area contributed by atoms with Crippen LogP contribution in [0.1, 0.15) is 5.56 Å². The van der Waals surface area contributed by atoms with Gasteiger partial charge in [-0.25, -0.2) is 9.97 Å². The summed E-state index contributed by atoms with van der Waals surface area (Å²) in [5.41, 5.74) is 5.56. The van der Waals surface area contributed by atoms with E-state index in [-0.39, 0.29) is 0 Å². The second kappa shape index (κ2) is 7.76. The molecule has 1 aromatic carbocycles. The van der Waals surface area contributed by atoms with Crippen LogP contribution in [0, 0.1) is 12.9 Å². The minimum atomic E-state index is -0.508. The van der Waals surface area contributed by atoms with Gasteiger partial charge < -0.3 is 15.0 Å². The number of hydrogen-bond donors (Lipinski definition) is 1. The summed E-state index contributed by atoms with van der Waals surface area (Å²) in [6.45, 7) is 5.36. The van der Waals surface area contributed by atoms with Crippen molar-refractivity contribution in [3.8, 4) is 11.3 Å². The van der Waals surface area contributed by atoms with Crippen molar-refractivity contribution in [2.24, 2.45) is 0 Å². The number of nitrogens with zero attached hydrogens (tertiary/aromatic N) is 4. The van der Waals surface area contributed by atoms with Gasteiger partial charge in [0.2, 0.25) is 5.95 Å². The normalized spacial score (nSPS) is 14.3. The van der Waals surface area contributed by atoms with E-state index in [0.717, 1.165) is 60.3 Å². The first-order chi connectivity index (χ1) is 14.7. The maximum Gasteiger partial charge on any atom is 0.212 e. The van der Waals surface area contributed by atoms with Gasteiger partial charge in [-0.3, -0.25) is 4.40 Å². The molecular formula is C23H22FN5O. The van der Waals surface area contributed by atoms with Crippen LogP contribution in [0.15, 0.2) is 60.9 Å². The van der Waals surface area contributed by atoms with Gasteiger partial charge in [-0.2, -0.15) is 4.39 Å². The Labute approximate surface area is 174 Å². The van der Waals surface area contributed by atoms with Crippen LogP contribution in [0.2, 0.25) is 0 Å². The fourth-order valence-electron chi connectivity index (χ4n) is 3.70. The van der Waals surface area contributed by atoms with E-state index in [4.69, 9.17) is 9.72 Å². The fourth-order valence-corrected chi connectivity index (χ4v) is 3.70. The lowest BCUT2D eigenvalue weighted by molar-refractivity contribution is 0.122. The van der Waals surface area contributed by atoms with Gasteiger partial charge >= 0.3 is 0 Å². The van der Waals surface area contributed by atoms with E-state index < -0.39 is 5.95 Å². The molecule has 7 heteroatoms. The lowest BCUT2D eigenvalue weighted by atomic mass is 10.2. The van der Waals surface area contributed by atoms with E-state index in [1.54, 1.807) is 6.07 Å². The van der Waals surface area contributed by atoms with Crippen molar-refractivity contribution in [1.29, 1.82) is 0 Å². The SMILES string of the molecule is Cc1ccn2c(Nc3ccc(N4CCOCC4)cc3)c(-c3ccc(F)nc3)nc2c1. The van der Waals surface area contributed by atoms with Gasteiger partial charge in [-0.05, 0) is 61.0 Å². The first-order valence-corrected chi connectivity index (χ1v) is 9.98. The van der Waals surface area contributed by atoms with Crippen molar-refractivity contribution in [2.75, 3.05) is 36.5 Å². The first-order valence-electron chi connectivity index (χ1n) is 9.98. The molecule has 0 radical (unpaired) electrons. The van der Waals surface area contributed by atoms with E-state index in [9.17, 15) is 4.39 Å². The van der Waals surface area contributed by atoms with E-state index in [2.05, 4.69) is 39.5 Å². The zero-order valence-corrected chi connectivity index (χ0v) is 16.7. The number of aryl methyl sites for hydroxylation is 1. The Hall–Kier alpha value is -3.45. The smallest absolute Gasteiger partial charge is 0.212 e. The number of halogens is 1. The highest BCUT2D eigenvalue weighted by atomic mass is 19.1. The highest BCUT2D eigenvalue weighted by molar-refractivity contribution is 5.79. The Bertz CT molecular complexity index is 1160. The molecule has 6 nitrogen and oxygen atoms in total. The number of hydrogen-bond acceptors (Lipinski definition) is 5. The summed E-state index contributed by atoms with van der Waals surface area (Å²) < 4.78 is 20.8. The third kappa shape index (κ3) is 3.59. The molecule has 0 unspecified atom stereocenters. The summed E-state index contributed by atoms with van der Waals surface area (Å²) in [5, 5.41) is 3.49. The number of rotatable bonds is 4. The molecule has 1 saturated heterocycles. The molecule has 1 aliphatic heterocycles. The van der Waals surface area contributed by atoms with E-state index in [0.29, 0.717) is 0 Å². The molecular weight excluding hydrogens is 381 g/mol. The van der Waals surface area contributed by atoms with Crippen LogP contribution in [0.4, 0.5) is 21.6 Å². The van der Waals surface area contributed by atoms with Crippen molar-refractivity contribution >= 4 is 22.8 Å². The van der Waals surface area contributed by atoms with Crippen molar-refractivity contribution in [3.63, 3.8) is 0 Å². The highest BCUT2D eigenvalue weighted by Gasteiger charge is 2.16. The summed E-state index contributed by atoms with van der Waals surface area (Å²) in [6.07, 6.45) is 3.50. The number of benzene rings is 1. The Kier molecular flexibility index (Phi) is 4.80. The number of anilines is 3. The third-order valence-electron chi connectivity index (χ3n) is 5.29. The van der Waals surface area contributed by atoms with Gasteiger partial charge in [-0.1, -0.05) is 0 Å². The summed E-state index contributed by atoms with van der Waals surface area (Å²) >= 11 is 0. The van der Waals surface area contributed by atoms with Gasteiger partial charge in [0.1, 0.15) is 17.2 Å². The molecule has 1 aliphatic rings. The topological polar surface area (TPSA) is 54.7 Å². The molecule has 4 heterocycles. The van der Waals surface area contributed by atoms with Crippen LogP contribution in [0.3, 0.4) is 0 Å². The van der Waals surface area contributed by atoms with E-state index in [1.165, 1.54) is 18.0 Å². The van der Waals surface area contributed by atoms with Crippen LogP contribution in [-0.4, -0.2) is 40.7 Å². The largest absolute Gasteiger partial charge is 0.378 e. The summed E-state index contributed by atoms with van der Waals surface area (Å²) in [7, 11) is 0. The molecule has 4 aromatic rings. The molecule has 0 saturated carbocycles. The van der Waals surface area contributed by atoms with Gasteiger partial charge in [0, 0.05) is 42.4 Å². The number of morpholine rings is 1. The van der Waals surface area contributed by atoms with Crippen molar-refractivity contribution in [3.05, 3.63) is 72.4 Å². The minimum Gasteiger partial charge on any atom is -0.378 e. The number of aromatic nitrogens is 3. The number of imidazole rings is 1. The first kappa shape index (κ1) is 18.6. The van der Waals surface area contributed by atoms with Gasteiger partial charge in [-0.15, -0.1) is 0 Å². The molecule has 1 fully saturated rings. The number of ether oxygens (including phenoxy) is 1. The van der Waals surface area contributed by atoms with Crippen LogP contribution in [0.25, 0.3) is 16.9 Å². The Morgan fingerprint density at radius 1 is 1.03 bits per heavy atom. The molecule has 0 spiro atoms. The monoisotopic (exact) mass is 403 g/mol. The molecule has 0 amide bonds. The maximum absolute atomic E-state index is 13.3. The van der Waals surface area contributed by atoms with E-state index in [1.807, 2.05) is 29.7 Å². The molecule has 5 rings (SSSR count). The van der Waals surface area contributed by atoms with Crippen LogP contribution < -0.4 is 10.2 Å². The second-order valence-corrected chi connectivity index (χ2v) is 7.38. The molecule has 0 bridgehead atoms. The molecule has 3 aromatic heterocycles. The second-order valence-electron chi connectivity index (χ2n) is 7.38. The lowest BCUT2D eigenvalue weighted by Crippen LogP contribution is -2.36. The van der Waals surface area contributed by atoms with Crippen molar-refractivity contribution < 1.29 is 9.13 Å². The summed E-state index contributed by atoms with van der Waals surface area (Å²) in [4.78, 5) is 10.9. The minimum absolute atomic E-state index is 0.508. The van der Waals surface area contributed by atoms with Crippen LogP contribution in [0.5, 0.6) is 0 Å². The zero-order chi connectivity index (χ0) is 20.5. The Balaban J connectivity index is 1.51. The van der Waals surface area contributed by atoms with Gasteiger partial charge in [0.15, 0.2) is 0 Å². The molecule has 0 atom stereocenters. The number of nitrogens with one attached hydrogen (secondary N) is 1. The number of fused-ring (bicyclic) bond motifs is 1. The van der Waals surface area contributed by atoms with Gasteiger partial charge in [0.25, 0.3) is 0 Å². The quantitative estimate of drug-likeness (QED) is 0.511. The van der Waals surface area contributed by atoms with Crippen LogP contribution >= 0.6 is 0 Å². The van der Waals surface area contributed by atoms with Crippen molar-refractivity contribution in [2.45, 2.75) is 6.92 Å². The number of pyridine rings is 2. The Morgan fingerprint density at radius 3 is 2.57 bits per heavy atom. The fraction of sp³-hybridized carbons (Fsp3) is 0.217. The van der Waals surface area contributed by atoms with Crippen molar-refractivity contribution in [1.82, 2.24) is 14.4 Å². The predicted octanol–water partition coefficient (Wildman–Crippen LogP) is 4.42. The molecule has 1 N–H and O–H groups in total. The molecule has 152 valence electrons. The third-order valence-corrected chi connectivity index (χ3v) is 5.29. The average molecular weight is 403 g/mol. The van der Waals surface area contributed by atoms with Gasteiger partial charge in [0.05, 0.1) is 13.2 Å². The molecule has 0 aliphatic carbocycles. The molecule has 30 heavy (non-hydrogen) atoms. The Morgan fingerprint density at radius 2 is 1.83 bits per heavy atom. The highest BCUT2D eigenvalue weighted by Crippen LogP contribution is 2.31. The maximum atomic E-state index is 13.3. The predicted molar refractivity (Wildman–Crippen MR) is 116 cm³/mol. The summed E-state index contributed by atoms with van der Waals surface area (Å²) in [5.74, 6) is 0.309. The van der Waals surface area contributed by atoms with Crippen LogP contribution in [-0.2, 0) is 4.74 Å².